The monoisotopic (exact) mass is 453 g/mol. The predicted octanol–water partition coefficient (Wildman–Crippen LogP) is 3.63. The number of imidazole rings is 1. The largest absolute Gasteiger partial charge is 0.491 e. The third-order valence-corrected chi connectivity index (χ3v) is 6.64. The number of fused-ring (bicyclic) bond motifs is 1. The van der Waals surface area contributed by atoms with E-state index in [9.17, 15) is 17.6 Å². The molecule has 32 heavy (non-hydrogen) atoms. The molecule has 0 fully saturated rings. The van der Waals surface area contributed by atoms with Crippen LogP contribution in [-0.4, -0.2) is 30.3 Å². The SMILES string of the molecule is CCOc1cccc(S(=O)(=O)c2ccc(CNC(=O)c3ccc4nccn4c3)cc2)c1F. The minimum absolute atomic E-state index is 0.0503. The van der Waals surface area contributed by atoms with Crippen LogP contribution in [0.15, 0.2) is 83.0 Å². The van der Waals surface area contributed by atoms with E-state index in [4.69, 9.17) is 4.74 Å². The van der Waals surface area contributed by atoms with Crippen LogP contribution in [-0.2, 0) is 16.4 Å². The number of nitrogens with zero attached hydrogens (tertiary/aromatic N) is 2. The van der Waals surface area contributed by atoms with Crippen molar-refractivity contribution in [3.8, 4) is 5.75 Å². The Kier molecular flexibility index (Phi) is 5.91. The van der Waals surface area contributed by atoms with Gasteiger partial charge in [0.25, 0.3) is 5.91 Å². The van der Waals surface area contributed by atoms with E-state index in [1.165, 1.54) is 30.3 Å². The molecule has 0 radical (unpaired) electrons. The van der Waals surface area contributed by atoms with Crippen LogP contribution in [0.2, 0.25) is 0 Å². The number of nitrogens with one attached hydrogen (secondary N) is 1. The van der Waals surface area contributed by atoms with Crippen LogP contribution in [0, 0.1) is 5.82 Å². The summed E-state index contributed by atoms with van der Waals surface area (Å²) < 4.78 is 47.3. The summed E-state index contributed by atoms with van der Waals surface area (Å²) in [6.45, 7) is 2.11. The zero-order valence-electron chi connectivity index (χ0n) is 17.2. The van der Waals surface area contributed by atoms with Gasteiger partial charge in [-0.3, -0.25) is 4.79 Å². The molecule has 0 aliphatic heterocycles. The summed E-state index contributed by atoms with van der Waals surface area (Å²) in [5.74, 6) is -1.30. The van der Waals surface area contributed by atoms with E-state index >= 15 is 0 Å². The van der Waals surface area contributed by atoms with Gasteiger partial charge < -0.3 is 14.5 Å². The zero-order chi connectivity index (χ0) is 22.7. The number of sulfone groups is 1. The molecule has 4 aromatic rings. The second-order valence-corrected chi connectivity index (χ2v) is 8.86. The van der Waals surface area contributed by atoms with Crippen LogP contribution < -0.4 is 10.1 Å². The van der Waals surface area contributed by atoms with E-state index in [0.29, 0.717) is 11.1 Å². The molecule has 0 saturated carbocycles. The van der Waals surface area contributed by atoms with Crippen LogP contribution >= 0.6 is 0 Å². The summed E-state index contributed by atoms with van der Waals surface area (Å²) in [7, 11) is -4.07. The number of pyridine rings is 1. The lowest BCUT2D eigenvalue weighted by molar-refractivity contribution is 0.0950. The van der Waals surface area contributed by atoms with Gasteiger partial charge in [0.2, 0.25) is 9.84 Å². The smallest absolute Gasteiger partial charge is 0.253 e. The maximum atomic E-state index is 14.6. The lowest BCUT2D eigenvalue weighted by atomic mass is 10.2. The molecule has 1 N–H and O–H groups in total. The average molecular weight is 453 g/mol. The highest BCUT2D eigenvalue weighted by molar-refractivity contribution is 7.91. The Bertz CT molecular complexity index is 1380. The summed E-state index contributed by atoms with van der Waals surface area (Å²) >= 11 is 0. The van der Waals surface area contributed by atoms with Crippen molar-refractivity contribution in [2.24, 2.45) is 0 Å². The molecular weight excluding hydrogens is 433 g/mol. The second-order valence-electron chi connectivity index (χ2n) is 6.94. The van der Waals surface area contributed by atoms with E-state index in [1.54, 1.807) is 54.2 Å². The Morgan fingerprint density at radius 3 is 2.66 bits per heavy atom. The lowest BCUT2D eigenvalue weighted by Crippen LogP contribution is -2.23. The number of benzene rings is 2. The van der Waals surface area contributed by atoms with E-state index in [1.807, 2.05) is 0 Å². The van der Waals surface area contributed by atoms with Crippen LogP contribution in [0.1, 0.15) is 22.8 Å². The molecule has 2 aromatic carbocycles. The summed E-state index contributed by atoms with van der Waals surface area (Å²) in [5.41, 5.74) is 1.91. The fraction of sp³-hybridized carbons (Fsp3) is 0.130. The maximum absolute atomic E-state index is 14.6. The number of hydrogen-bond donors (Lipinski definition) is 1. The molecule has 164 valence electrons. The summed E-state index contributed by atoms with van der Waals surface area (Å²) in [6, 6.07) is 13.4. The Morgan fingerprint density at radius 1 is 1.12 bits per heavy atom. The first kappa shape index (κ1) is 21.5. The lowest BCUT2D eigenvalue weighted by Gasteiger charge is -2.11. The minimum atomic E-state index is -4.07. The van der Waals surface area contributed by atoms with Gasteiger partial charge in [-0.25, -0.2) is 17.8 Å². The summed E-state index contributed by atoms with van der Waals surface area (Å²) in [4.78, 5) is 16.1. The normalized spacial score (nSPS) is 11.4. The van der Waals surface area contributed by atoms with Gasteiger partial charge in [-0.2, -0.15) is 0 Å². The summed E-state index contributed by atoms with van der Waals surface area (Å²) in [6.07, 6.45) is 5.07. The molecular formula is C23H20FN3O4S. The minimum Gasteiger partial charge on any atom is -0.491 e. The highest BCUT2D eigenvalue weighted by Crippen LogP contribution is 2.29. The second kappa shape index (κ2) is 8.80. The standard InChI is InChI=1S/C23H20FN3O4S/c1-2-31-19-4-3-5-20(22(19)24)32(29,30)18-9-6-16(7-10-18)14-26-23(28)17-8-11-21-25-12-13-27(21)15-17/h3-13,15H,2,14H2,1H3,(H,26,28). The maximum Gasteiger partial charge on any atom is 0.253 e. The predicted molar refractivity (Wildman–Crippen MR) is 116 cm³/mol. The first-order chi connectivity index (χ1) is 15.4. The number of rotatable bonds is 7. The first-order valence-electron chi connectivity index (χ1n) is 9.86. The molecule has 0 aliphatic rings. The molecule has 0 bridgehead atoms. The van der Waals surface area contributed by atoms with Gasteiger partial charge in [0.1, 0.15) is 10.5 Å². The highest BCUT2D eigenvalue weighted by Gasteiger charge is 2.24. The van der Waals surface area contributed by atoms with Crippen molar-refractivity contribution >= 4 is 21.4 Å². The third kappa shape index (κ3) is 4.19. The van der Waals surface area contributed by atoms with Crippen molar-refractivity contribution in [1.29, 1.82) is 0 Å². The van der Waals surface area contributed by atoms with Gasteiger partial charge in [-0.1, -0.05) is 18.2 Å². The fourth-order valence-electron chi connectivity index (χ4n) is 3.22. The van der Waals surface area contributed by atoms with Crippen LogP contribution in [0.3, 0.4) is 0 Å². The summed E-state index contributed by atoms with van der Waals surface area (Å²) in [5, 5.41) is 2.79. The molecule has 9 heteroatoms. The van der Waals surface area contributed by atoms with Crippen LogP contribution in [0.4, 0.5) is 4.39 Å². The number of hydrogen-bond acceptors (Lipinski definition) is 5. The van der Waals surface area contributed by atoms with Gasteiger partial charge in [0.05, 0.1) is 17.1 Å². The molecule has 1 amide bonds. The first-order valence-corrected chi connectivity index (χ1v) is 11.3. The van der Waals surface area contributed by atoms with Crippen molar-refractivity contribution in [3.05, 3.63) is 90.1 Å². The van der Waals surface area contributed by atoms with Crippen molar-refractivity contribution in [2.75, 3.05) is 6.61 Å². The Morgan fingerprint density at radius 2 is 1.91 bits per heavy atom. The average Bonchev–Trinajstić information content (AvgIpc) is 3.27. The Labute approximate surface area is 184 Å². The molecule has 2 heterocycles. The highest BCUT2D eigenvalue weighted by atomic mass is 32.2. The van der Waals surface area contributed by atoms with Gasteiger partial charge >= 0.3 is 0 Å². The quantitative estimate of drug-likeness (QED) is 0.462. The molecule has 0 unspecified atom stereocenters. The Balaban J connectivity index is 1.48. The number of amides is 1. The van der Waals surface area contributed by atoms with Gasteiger partial charge in [-0.15, -0.1) is 0 Å². The van der Waals surface area contributed by atoms with Crippen molar-refractivity contribution in [1.82, 2.24) is 14.7 Å². The van der Waals surface area contributed by atoms with Crippen LogP contribution in [0.5, 0.6) is 5.75 Å². The van der Waals surface area contributed by atoms with Gasteiger partial charge in [0, 0.05) is 25.1 Å². The van der Waals surface area contributed by atoms with Crippen LogP contribution in [0.25, 0.3) is 5.65 Å². The molecule has 2 aromatic heterocycles. The molecule has 0 aliphatic carbocycles. The number of aromatic nitrogens is 2. The topological polar surface area (TPSA) is 89.8 Å². The van der Waals surface area contributed by atoms with E-state index in [0.717, 1.165) is 5.65 Å². The van der Waals surface area contributed by atoms with Gasteiger partial charge in [0.15, 0.2) is 11.6 Å². The molecule has 0 spiro atoms. The fourth-order valence-corrected chi connectivity index (χ4v) is 4.56. The number of ether oxygens (including phenoxy) is 1. The van der Waals surface area contributed by atoms with Crippen molar-refractivity contribution in [2.45, 2.75) is 23.3 Å². The molecule has 4 rings (SSSR count). The van der Waals surface area contributed by atoms with E-state index in [2.05, 4.69) is 10.3 Å². The number of halogens is 1. The zero-order valence-corrected chi connectivity index (χ0v) is 18.0. The van der Waals surface area contributed by atoms with Crippen molar-refractivity contribution < 1.29 is 22.3 Å². The van der Waals surface area contributed by atoms with E-state index in [-0.39, 0.29) is 29.7 Å². The number of carbonyl (C=O) groups excluding carboxylic acids is 1. The van der Waals surface area contributed by atoms with Crippen molar-refractivity contribution in [3.63, 3.8) is 0 Å². The molecule has 0 atom stereocenters. The van der Waals surface area contributed by atoms with E-state index < -0.39 is 20.5 Å². The number of carbonyl (C=O) groups is 1. The Hall–Kier alpha value is -3.72. The molecule has 0 saturated heterocycles. The van der Waals surface area contributed by atoms with Gasteiger partial charge in [-0.05, 0) is 48.9 Å². The third-order valence-electron chi connectivity index (χ3n) is 4.85. The molecule has 7 nitrogen and oxygen atoms in total.